The first-order valence-electron chi connectivity index (χ1n) is 8.92. The number of anilines is 2. The molecule has 10 heteroatoms. The van der Waals surface area contributed by atoms with E-state index in [0.717, 1.165) is 11.3 Å². The van der Waals surface area contributed by atoms with Gasteiger partial charge >= 0.3 is 0 Å². The van der Waals surface area contributed by atoms with Gasteiger partial charge in [-0.05, 0) is 48.9 Å². The van der Waals surface area contributed by atoms with Crippen LogP contribution in [0.15, 0.2) is 71.6 Å². The van der Waals surface area contributed by atoms with Crippen molar-refractivity contribution in [1.82, 2.24) is 10.2 Å². The standard InChI is InChI=1S/C20H19ClN4O3S2/c1-14(29-13-15-5-3-2-4-6-15)20(26)22-16-7-9-17(10-8-16)30(27,28)25-19-12-11-18(21)23-24-19/h2-12,14H,13H2,1H3,(H,22,26)(H,24,25). The highest BCUT2D eigenvalue weighted by Gasteiger charge is 2.17. The second kappa shape index (κ2) is 9.92. The van der Waals surface area contributed by atoms with Crippen LogP contribution in [0.2, 0.25) is 5.15 Å². The van der Waals surface area contributed by atoms with Crippen LogP contribution in [0.5, 0.6) is 0 Å². The van der Waals surface area contributed by atoms with Gasteiger partial charge in [0, 0.05) is 11.4 Å². The second-order valence-electron chi connectivity index (χ2n) is 6.30. The Morgan fingerprint density at radius 1 is 1.03 bits per heavy atom. The third-order valence-electron chi connectivity index (χ3n) is 4.02. The van der Waals surface area contributed by atoms with E-state index in [4.69, 9.17) is 11.6 Å². The van der Waals surface area contributed by atoms with Crippen molar-refractivity contribution in [2.24, 2.45) is 0 Å². The first kappa shape index (κ1) is 22.1. The summed E-state index contributed by atoms with van der Waals surface area (Å²) in [6, 6.07) is 18.6. The number of amides is 1. The van der Waals surface area contributed by atoms with E-state index in [-0.39, 0.29) is 27.0 Å². The molecule has 0 aliphatic heterocycles. The Morgan fingerprint density at radius 3 is 2.37 bits per heavy atom. The highest BCUT2D eigenvalue weighted by atomic mass is 35.5. The lowest BCUT2D eigenvalue weighted by Gasteiger charge is -2.13. The molecule has 2 aromatic carbocycles. The molecule has 3 aromatic rings. The summed E-state index contributed by atoms with van der Waals surface area (Å²) < 4.78 is 27.2. The van der Waals surface area contributed by atoms with Gasteiger partial charge in [-0.25, -0.2) is 8.42 Å². The zero-order chi connectivity index (χ0) is 21.6. The minimum absolute atomic E-state index is 0.0313. The van der Waals surface area contributed by atoms with Gasteiger partial charge in [0.1, 0.15) is 0 Å². The minimum Gasteiger partial charge on any atom is -0.325 e. The molecule has 1 unspecified atom stereocenters. The second-order valence-corrected chi connectivity index (χ2v) is 9.70. The molecule has 0 radical (unpaired) electrons. The zero-order valence-corrected chi connectivity index (χ0v) is 18.3. The number of carbonyl (C=O) groups excluding carboxylic acids is 1. The summed E-state index contributed by atoms with van der Waals surface area (Å²) in [7, 11) is -3.84. The van der Waals surface area contributed by atoms with Crippen molar-refractivity contribution in [3.8, 4) is 0 Å². The van der Waals surface area contributed by atoms with Gasteiger partial charge in [0.05, 0.1) is 10.1 Å². The van der Waals surface area contributed by atoms with Crippen molar-refractivity contribution in [3.63, 3.8) is 0 Å². The summed E-state index contributed by atoms with van der Waals surface area (Å²) in [5.74, 6) is 0.633. The summed E-state index contributed by atoms with van der Waals surface area (Å²) in [6.45, 7) is 1.83. The summed E-state index contributed by atoms with van der Waals surface area (Å²) in [5.41, 5.74) is 1.66. The summed E-state index contributed by atoms with van der Waals surface area (Å²) >= 11 is 7.17. The van der Waals surface area contributed by atoms with Gasteiger partial charge in [-0.1, -0.05) is 41.9 Å². The Balaban J connectivity index is 1.57. The van der Waals surface area contributed by atoms with Gasteiger partial charge in [0.15, 0.2) is 11.0 Å². The largest absolute Gasteiger partial charge is 0.325 e. The minimum atomic E-state index is -3.84. The van der Waals surface area contributed by atoms with E-state index >= 15 is 0 Å². The number of hydrogen-bond acceptors (Lipinski definition) is 6. The lowest BCUT2D eigenvalue weighted by atomic mass is 10.2. The van der Waals surface area contributed by atoms with Gasteiger partial charge in [-0.2, -0.15) is 0 Å². The molecule has 0 aliphatic carbocycles. The van der Waals surface area contributed by atoms with Crippen LogP contribution in [0, 0.1) is 0 Å². The smallest absolute Gasteiger partial charge is 0.263 e. The van der Waals surface area contributed by atoms with Crippen LogP contribution in [0.3, 0.4) is 0 Å². The molecule has 0 spiro atoms. The molecular weight excluding hydrogens is 444 g/mol. The summed E-state index contributed by atoms with van der Waals surface area (Å²) in [6.07, 6.45) is 0. The lowest BCUT2D eigenvalue weighted by molar-refractivity contribution is -0.115. The van der Waals surface area contributed by atoms with Crippen LogP contribution in [0.1, 0.15) is 12.5 Å². The normalized spacial score (nSPS) is 12.2. The van der Waals surface area contributed by atoms with Crippen LogP contribution >= 0.6 is 23.4 Å². The van der Waals surface area contributed by atoms with Gasteiger partial charge in [-0.15, -0.1) is 22.0 Å². The van der Waals surface area contributed by atoms with E-state index in [1.807, 2.05) is 37.3 Å². The number of hydrogen-bond donors (Lipinski definition) is 2. The topological polar surface area (TPSA) is 101 Å². The quantitative estimate of drug-likeness (QED) is 0.520. The fraction of sp³-hybridized carbons (Fsp3) is 0.150. The number of sulfonamides is 1. The SMILES string of the molecule is CC(SCc1ccccc1)C(=O)Nc1ccc(S(=O)(=O)Nc2ccc(Cl)nn2)cc1. The Hall–Kier alpha value is -2.62. The lowest BCUT2D eigenvalue weighted by Crippen LogP contribution is -2.22. The van der Waals surface area contributed by atoms with Crippen LogP contribution < -0.4 is 10.0 Å². The monoisotopic (exact) mass is 462 g/mol. The molecule has 30 heavy (non-hydrogen) atoms. The molecular formula is C20H19ClN4O3S2. The average molecular weight is 463 g/mol. The maximum absolute atomic E-state index is 12.4. The van der Waals surface area contributed by atoms with Gasteiger partial charge in [-0.3, -0.25) is 9.52 Å². The number of thioether (sulfide) groups is 1. The number of nitrogens with one attached hydrogen (secondary N) is 2. The molecule has 2 N–H and O–H groups in total. The molecule has 1 heterocycles. The van der Waals surface area contributed by atoms with Gasteiger partial charge in [0.2, 0.25) is 5.91 Å². The third-order valence-corrected chi connectivity index (χ3v) is 6.80. The van der Waals surface area contributed by atoms with Crippen LogP contribution in [-0.4, -0.2) is 29.8 Å². The molecule has 0 fully saturated rings. The van der Waals surface area contributed by atoms with E-state index in [9.17, 15) is 13.2 Å². The average Bonchev–Trinajstić information content (AvgIpc) is 2.74. The molecule has 3 rings (SSSR count). The van der Waals surface area contributed by atoms with Crippen molar-refractivity contribution in [3.05, 3.63) is 77.4 Å². The van der Waals surface area contributed by atoms with E-state index in [2.05, 4.69) is 20.2 Å². The predicted octanol–water partition coefficient (Wildman–Crippen LogP) is 4.19. The van der Waals surface area contributed by atoms with E-state index in [1.54, 1.807) is 0 Å². The molecule has 1 amide bonds. The number of aromatic nitrogens is 2. The molecule has 156 valence electrons. The Bertz CT molecular complexity index is 1090. The summed E-state index contributed by atoms with van der Waals surface area (Å²) in [4.78, 5) is 12.4. The van der Waals surface area contributed by atoms with Crippen molar-refractivity contribution >= 4 is 50.8 Å². The van der Waals surface area contributed by atoms with E-state index in [0.29, 0.717) is 5.69 Å². The molecule has 0 saturated carbocycles. The van der Waals surface area contributed by atoms with Crippen molar-refractivity contribution in [2.75, 3.05) is 10.0 Å². The van der Waals surface area contributed by atoms with Crippen molar-refractivity contribution < 1.29 is 13.2 Å². The van der Waals surface area contributed by atoms with E-state index < -0.39 is 10.0 Å². The molecule has 1 aromatic heterocycles. The van der Waals surface area contributed by atoms with Gasteiger partial charge in [0.25, 0.3) is 10.0 Å². The first-order valence-corrected chi connectivity index (χ1v) is 11.8. The number of halogens is 1. The fourth-order valence-electron chi connectivity index (χ4n) is 2.40. The van der Waals surface area contributed by atoms with Crippen molar-refractivity contribution in [1.29, 1.82) is 0 Å². The molecule has 0 saturated heterocycles. The highest BCUT2D eigenvalue weighted by Crippen LogP contribution is 2.21. The predicted molar refractivity (Wildman–Crippen MR) is 120 cm³/mol. The molecule has 7 nitrogen and oxygen atoms in total. The Morgan fingerprint density at radius 2 is 1.73 bits per heavy atom. The Labute approximate surface area is 184 Å². The zero-order valence-electron chi connectivity index (χ0n) is 15.9. The van der Waals surface area contributed by atoms with Crippen LogP contribution in [0.25, 0.3) is 0 Å². The number of carbonyl (C=O) groups is 1. The molecule has 0 bridgehead atoms. The highest BCUT2D eigenvalue weighted by molar-refractivity contribution is 7.99. The summed E-state index contributed by atoms with van der Waals surface area (Å²) in [5, 5.41) is 9.96. The number of benzene rings is 2. The fourth-order valence-corrected chi connectivity index (χ4v) is 4.34. The number of rotatable bonds is 8. The molecule has 0 aliphatic rings. The van der Waals surface area contributed by atoms with Crippen LogP contribution in [-0.2, 0) is 20.6 Å². The van der Waals surface area contributed by atoms with Crippen LogP contribution in [0.4, 0.5) is 11.5 Å². The van der Waals surface area contributed by atoms with Gasteiger partial charge < -0.3 is 5.32 Å². The maximum Gasteiger partial charge on any atom is 0.263 e. The molecule has 1 atom stereocenters. The first-order chi connectivity index (χ1) is 14.3. The number of nitrogens with zero attached hydrogens (tertiary/aromatic N) is 2. The van der Waals surface area contributed by atoms with Crippen molar-refractivity contribution in [2.45, 2.75) is 22.8 Å². The Kier molecular flexibility index (Phi) is 7.30. The maximum atomic E-state index is 12.4. The van der Waals surface area contributed by atoms with E-state index in [1.165, 1.54) is 48.2 Å². The third kappa shape index (κ3) is 6.19.